The first-order chi connectivity index (χ1) is 8.90. The predicted molar refractivity (Wildman–Crippen MR) is 72.9 cm³/mol. The van der Waals surface area contributed by atoms with E-state index >= 15 is 0 Å². The second-order valence-corrected chi connectivity index (χ2v) is 5.67. The minimum atomic E-state index is -1.34. The van der Waals surface area contributed by atoms with Crippen LogP contribution < -0.4 is 5.11 Å². The minimum absolute atomic E-state index is 0.205. The van der Waals surface area contributed by atoms with Crippen LogP contribution in [0.25, 0.3) is 6.08 Å². The van der Waals surface area contributed by atoms with Crippen LogP contribution in [-0.4, -0.2) is 27.1 Å². The maximum absolute atomic E-state index is 12.1. The molecule has 0 unspecified atom stereocenters. The molecule has 2 heterocycles. The zero-order valence-electron chi connectivity index (χ0n) is 10.2. The second kappa shape index (κ2) is 5.18. The number of aryl methyl sites for hydroxylation is 1. The van der Waals surface area contributed by atoms with Gasteiger partial charge in [-0.3, -0.25) is 9.69 Å². The Morgan fingerprint density at radius 3 is 2.79 bits per heavy atom. The van der Waals surface area contributed by atoms with Crippen molar-refractivity contribution in [3.8, 4) is 0 Å². The molecule has 0 saturated carbocycles. The SMILES string of the molecule is Cc1ccc(/C=C2\SC(=S)N([C@H](C)C(=O)[O-])C2=O)o1. The summed E-state index contributed by atoms with van der Waals surface area (Å²) in [6.07, 6.45) is 1.55. The van der Waals surface area contributed by atoms with Crippen LogP contribution in [0, 0.1) is 6.92 Å². The molecular formula is C12H10NO4S2-. The molecule has 1 fully saturated rings. The summed E-state index contributed by atoms with van der Waals surface area (Å²) in [6, 6.07) is 2.41. The lowest BCUT2D eigenvalue weighted by Gasteiger charge is -2.23. The van der Waals surface area contributed by atoms with Gasteiger partial charge in [0.2, 0.25) is 0 Å². The monoisotopic (exact) mass is 296 g/mol. The third kappa shape index (κ3) is 2.71. The van der Waals surface area contributed by atoms with Crippen molar-refractivity contribution < 1.29 is 19.1 Å². The van der Waals surface area contributed by atoms with Crippen molar-refractivity contribution >= 4 is 46.3 Å². The van der Waals surface area contributed by atoms with Gasteiger partial charge in [0.25, 0.3) is 5.91 Å². The van der Waals surface area contributed by atoms with Gasteiger partial charge in [-0.1, -0.05) is 24.0 Å². The van der Waals surface area contributed by atoms with Gasteiger partial charge in [0, 0.05) is 6.08 Å². The van der Waals surface area contributed by atoms with E-state index < -0.39 is 17.9 Å². The van der Waals surface area contributed by atoms with E-state index in [1.54, 1.807) is 25.1 Å². The Morgan fingerprint density at radius 1 is 1.58 bits per heavy atom. The standard InChI is InChI=1S/C12H11NO4S2/c1-6-3-4-8(17-6)5-9-10(14)13(12(18)19-9)7(2)11(15)16/h3-5,7H,1-2H3,(H,15,16)/p-1/b9-5-/t7-/m1/s1. The van der Waals surface area contributed by atoms with Crippen molar-refractivity contribution in [2.24, 2.45) is 0 Å². The number of furan rings is 1. The zero-order valence-corrected chi connectivity index (χ0v) is 11.8. The minimum Gasteiger partial charge on any atom is -0.548 e. The number of carbonyl (C=O) groups is 2. The maximum atomic E-state index is 12.1. The number of carboxylic acid groups (broad SMARTS) is 1. The highest BCUT2D eigenvalue weighted by Gasteiger charge is 2.35. The van der Waals surface area contributed by atoms with E-state index in [0.29, 0.717) is 10.7 Å². The van der Waals surface area contributed by atoms with E-state index in [2.05, 4.69) is 0 Å². The van der Waals surface area contributed by atoms with Crippen LogP contribution in [0.1, 0.15) is 18.4 Å². The van der Waals surface area contributed by atoms with Crippen molar-refractivity contribution in [3.05, 3.63) is 28.6 Å². The van der Waals surface area contributed by atoms with Crippen LogP contribution in [0.4, 0.5) is 0 Å². The quantitative estimate of drug-likeness (QED) is 0.610. The molecule has 0 radical (unpaired) electrons. The molecule has 1 aliphatic rings. The summed E-state index contributed by atoms with van der Waals surface area (Å²) in [5, 5.41) is 10.8. The Labute approximate surface area is 119 Å². The van der Waals surface area contributed by atoms with Crippen molar-refractivity contribution in [2.45, 2.75) is 19.9 Å². The maximum Gasteiger partial charge on any atom is 0.266 e. The van der Waals surface area contributed by atoms with Crippen molar-refractivity contribution in [3.63, 3.8) is 0 Å². The highest BCUT2D eigenvalue weighted by molar-refractivity contribution is 8.26. The summed E-state index contributed by atoms with van der Waals surface area (Å²) < 4.78 is 5.54. The van der Waals surface area contributed by atoms with Crippen LogP contribution in [0.2, 0.25) is 0 Å². The van der Waals surface area contributed by atoms with E-state index in [9.17, 15) is 14.7 Å². The first-order valence-corrected chi connectivity index (χ1v) is 6.67. The van der Waals surface area contributed by atoms with E-state index in [-0.39, 0.29) is 4.32 Å². The molecule has 1 atom stereocenters. The summed E-state index contributed by atoms with van der Waals surface area (Å²) in [5.74, 6) is -0.531. The Balaban J connectivity index is 2.27. The van der Waals surface area contributed by atoms with Crippen LogP contribution in [0.5, 0.6) is 0 Å². The largest absolute Gasteiger partial charge is 0.548 e. The number of rotatable bonds is 3. The number of carboxylic acids is 1. The van der Waals surface area contributed by atoms with Crippen molar-refractivity contribution in [1.29, 1.82) is 0 Å². The number of carbonyl (C=O) groups excluding carboxylic acids is 2. The van der Waals surface area contributed by atoms with Gasteiger partial charge in [0.1, 0.15) is 15.8 Å². The highest BCUT2D eigenvalue weighted by Crippen LogP contribution is 2.33. The molecule has 0 bridgehead atoms. The number of amides is 1. The van der Waals surface area contributed by atoms with E-state index in [0.717, 1.165) is 22.4 Å². The molecule has 1 aromatic heterocycles. The Bertz CT molecular complexity index is 590. The van der Waals surface area contributed by atoms with Gasteiger partial charge in [-0.05, 0) is 26.0 Å². The highest BCUT2D eigenvalue weighted by atomic mass is 32.2. The molecule has 19 heavy (non-hydrogen) atoms. The fourth-order valence-corrected chi connectivity index (χ4v) is 2.98. The third-order valence-corrected chi connectivity index (χ3v) is 3.92. The molecule has 2 rings (SSSR count). The molecule has 1 amide bonds. The summed E-state index contributed by atoms with van der Waals surface area (Å²) in [5.41, 5.74) is 0. The topological polar surface area (TPSA) is 73.6 Å². The molecule has 1 aromatic rings. The van der Waals surface area contributed by atoms with Gasteiger partial charge in [-0.2, -0.15) is 0 Å². The number of thioether (sulfide) groups is 1. The molecule has 0 aliphatic carbocycles. The van der Waals surface area contributed by atoms with Crippen LogP contribution in [-0.2, 0) is 9.59 Å². The molecule has 1 aliphatic heterocycles. The van der Waals surface area contributed by atoms with E-state index in [1.807, 2.05) is 0 Å². The summed E-state index contributed by atoms with van der Waals surface area (Å²) in [7, 11) is 0. The lowest BCUT2D eigenvalue weighted by Crippen LogP contribution is -2.48. The van der Waals surface area contributed by atoms with Gasteiger partial charge < -0.3 is 14.3 Å². The van der Waals surface area contributed by atoms with Crippen LogP contribution in [0.3, 0.4) is 0 Å². The number of nitrogens with zero attached hydrogens (tertiary/aromatic N) is 1. The fourth-order valence-electron chi connectivity index (χ4n) is 1.58. The number of hydrogen-bond donors (Lipinski definition) is 0. The van der Waals surface area contributed by atoms with E-state index in [4.69, 9.17) is 16.6 Å². The summed E-state index contributed by atoms with van der Waals surface area (Å²) >= 11 is 6.07. The Hall–Kier alpha value is -1.60. The summed E-state index contributed by atoms with van der Waals surface area (Å²) in [4.78, 5) is 24.3. The van der Waals surface area contributed by atoms with Gasteiger partial charge in [0.05, 0.1) is 16.9 Å². The molecule has 1 saturated heterocycles. The van der Waals surface area contributed by atoms with Gasteiger partial charge in [-0.15, -0.1) is 0 Å². The van der Waals surface area contributed by atoms with Gasteiger partial charge in [-0.25, -0.2) is 0 Å². The number of hydrogen-bond acceptors (Lipinski definition) is 6. The Morgan fingerprint density at radius 2 is 2.26 bits per heavy atom. The van der Waals surface area contributed by atoms with Crippen molar-refractivity contribution in [2.75, 3.05) is 0 Å². The molecule has 0 spiro atoms. The first-order valence-electron chi connectivity index (χ1n) is 5.44. The number of thiocarbonyl (C=S) groups is 1. The summed E-state index contributed by atoms with van der Waals surface area (Å²) in [6.45, 7) is 3.15. The first kappa shape index (κ1) is 13.8. The van der Waals surface area contributed by atoms with E-state index in [1.165, 1.54) is 6.92 Å². The molecule has 0 N–H and O–H groups in total. The lowest BCUT2D eigenvalue weighted by atomic mass is 10.3. The molecule has 0 aromatic carbocycles. The Kier molecular flexibility index (Phi) is 3.77. The average molecular weight is 296 g/mol. The van der Waals surface area contributed by atoms with Crippen LogP contribution in [0.15, 0.2) is 21.5 Å². The lowest BCUT2D eigenvalue weighted by molar-refractivity contribution is -0.309. The zero-order chi connectivity index (χ0) is 14.2. The molecule has 100 valence electrons. The van der Waals surface area contributed by atoms with Gasteiger partial charge in [0.15, 0.2) is 0 Å². The fraction of sp³-hybridized carbons (Fsp3) is 0.250. The molecular weight excluding hydrogens is 286 g/mol. The average Bonchev–Trinajstić information content (AvgIpc) is 2.84. The van der Waals surface area contributed by atoms with Gasteiger partial charge >= 0.3 is 0 Å². The third-order valence-electron chi connectivity index (χ3n) is 2.59. The molecule has 5 nitrogen and oxygen atoms in total. The van der Waals surface area contributed by atoms with Crippen molar-refractivity contribution in [1.82, 2.24) is 4.90 Å². The molecule has 7 heteroatoms. The van der Waals surface area contributed by atoms with Crippen LogP contribution >= 0.6 is 24.0 Å². The normalized spacial score (nSPS) is 19.3. The second-order valence-electron chi connectivity index (χ2n) is 4.00. The smallest absolute Gasteiger partial charge is 0.266 e. The number of aliphatic carboxylic acids is 1. The predicted octanol–water partition coefficient (Wildman–Crippen LogP) is 0.928.